The molecule has 5 heteroatoms. The van der Waals surface area contributed by atoms with Gasteiger partial charge in [0.25, 0.3) is 0 Å². The van der Waals surface area contributed by atoms with Crippen molar-refractivity contribution in [3.05, 3.63) is 53.3 Å². The molecule has 0 N–H and O–H groups in total. The number of nitriles is 1. The van der Waals surface area contributed by atoms with E-state index in [0.29, 0.717) is 0 Å². The number of rotatable bonds is 6. The normalized spacial score (nSPS) is 12.3. The summed E-state index contributed by atoms with van der Waals surface area (Å²) >= 11 is 0. The van der Waals surface area contributed by atoms with Crippen molar-refractivity contribution >= 4 is 24.4 Å². The number of benzene rings is 2. The van der Waals surface area contributed by atoms with Gasteiger partial charge in [-0.15, -0.1) is 0 Å². The predicted octanol–water partition coefficient (Wildman–Crippen LogP) is 4.97. The van der Waals surface area contributed by atoms with Crippen LogP contribution in [0.2, 0.25) is 0 Å². The molecule has 2 rings (SSSR count). The second kappa shape index (κ2) is 7.38. The third kappa shape index (κ3) is 3.64. The van der Waals surface area contributed by atoms with Gasteiger partial charge in [0.15, 0.2) is 0 Å². The number of hydrogen-bond donors (Lipinski definition) is 0. The number of fused-ring (bicyclic) bond motifs is 1. The van der Waals surface area contributed by atoms with Crippen LogP contribution in [-0.2, 0) is 13.6 Å². The Morgan fingerprint density at radius 3 is 2.36 bits per heavy atom. The molecule has 0 aromatic heterocycles. The Bertz CT molecular complexity index is 767. The van der Waals surface area contributed by atoms with Crippen LogP contribution in [0.3, 0.4) is 0 Å². The summed E-state index contributed by atoms with van der Waals surface area (Å²) in [6, 6.07) is 15.7. The van der Waals surface area contributed by atoms with Gasteiger partial charge in [-0.25, -0.2) is 0 Å². The molecule has 22 heavy (non-hydrogen) atoms. The van der Waals surface area contributed by atoms with Crippen molar-refractivity contribution in [3.8, 4) is 6.07 Å². The molecular formula is C17H18NO3P. The van der Waals surface area contributed by atoms with Crippen molar-refractivity contribution in [1.82, 2.24) is 0 Å². The van der Waals surface area contributed by atoms with E-state index >= 15 is 0 Å². The van der Waals surface area contributed by atoms with Crippen LogP contribution in [0.1, 0.15) is 19.4 Å². The summed E-state index contributed by atoms with van der Waals surface area (Å²) in [5.74, 6) is 0. The first-order valence-corrected chi connectivity index (χ1v) is 8.67. The molecule has 2 aromatic carbocycles. The number of hydrogen-bond acceptors (Lipinski definition) is 4. The fraction of sp³-hybridized carbons (Fsp3) is 0.235. The maximum Gasteiger partial charge on any atom is 0.371 e. The molecule has 0 radical (unpaired) electrons. The Labute approximate surface area is 130 Å². The first kappa shape index (κ1) is 16.5. The lowest BCUT2D eigenvalue weighted by Crippen LogP contribution is -1.97. The molecule has 0 bridgehead atoms. The predicted molar refractivity (Wildman–Crippen MR) is 88.4 cm³/mol. The lowest BCUT2D eigenvalue weighted by atomic mass is 10.1. The zero-order valence-corrected chi connectivity index (χ0v) is 13.5. The van der Waals surface area contributed by atoms with Gasteiger partial charge in [0.1, 0.15) is 11.4 Å². The minimum Gasteiger partial charge on any atom is -0.305 e. The van der Waals surface area contributed by atoms with E-state index in [9.17, 15) is 9.83 Å². The second-order valence-electron chi connectivity index (χ2n) is 4.58. The average molecular weight is 315 g/mol. The molecule has 4 nitrogen and oxygen atoms in total. The van der Waals surface area contributed by atoms with E-state index in [2.05, 4.69) is 0 Å². The van der Waals surface area contributed by atoms with E-state index in [1.54, 1.807) is 19.9 Å². The molecule has 0 fully saturated rings. The second-order valence-corrected chi connectivity index (χ2v) is 6.57. The van der Waals surface area contributed by atoms with Crippen molar-refractivity contribution in [2.24, 2.45) is 0 Å². The molecule has 114 valence electrons. The van der Waals surface area contributed by atoms with Crippen molar-refractivity contribution in [1.29, 1.82) is 5.26 Å². The molecule has 0 spiro atoms. The molecule has 0 aliphatic carbocycles. The lowest BCUT2D eigenvalue weighted by molar-refractivity contribution is 0.227. The zero-order valence-electron chi connectivity index (χ0n) is 12.7. The summed E-state index contributed by atoms with van der Waals surface area (Å²) in [6.45, 7) is 3.87. The smallest absolute Gasteiger partial charge is 0.305 e. The molecule has 0 saturated heterocycles. The Kier molecular flexibility index (Phi) is 5.51. The molecule has 0 unspecified atom stereocenters. The van der Waals surface area contributed by atoms with Crippen molar-refractivity contribution in [2.45, 2.75) is 13.8 Å². The van der Waals surface area contributed by atoms with Gasteiger partial charge in [-0.3, -0.25) is 4.57 Å². The average Bonchev–Trinajstić information content (AvgIpc) is 2.52. The number of nitrogens with zero attached hydrogens (tertiary/aromatic N) is 1. The Morgan fingerprint density at radius 2 is 1.77 bits per heavy atom. The van der Waals surface area contributed by atoms with Crippen LogP contribution in [-0.4, -0.2) is 13.2 Å². The van der Waals surface area contributed by atoms with Gasteiger partial charge in [0, 0.05) is 0 Å². The van der Waals surface area contributed by atoms with Crippen molar-refractivity contribution in [2.75, 3.05) is 13.2 Å². The summed E-state index contributed by atoms with van der Waals surface area (Å²) in [7, 11) is -3.56. The fourth-order valence-electron chi connectivity index (χ4n) is 2.14. The van der Waals surface area contributed by atoms with Crippen LogP contribution in [0.25, 0.3) is 16.8 Å². The summed E-state index contributed by atoms with van der Waals surface area (Å²) in [5.41, 5.74) is 0.787. The third-order valence-corrected chi connectivity index (χ3v) is 5.10. The van der Waals surface area contributed by atoms with E-state index in [-0.39, 0.29) is 18.5 Å². The van der Waals surface area contributed by atoms with Gasteiger partial charge in [-0.2, -0.15) is 5.26 Å². The molecule has 0 heterocycles. The quantitative estimate of drug-likeness (QED) is 0.558. The van der Waals surface area contributed by atoms with E-state index in [4.69, 9.17) is 9.05 Å². The van der Waals surface area contributed by atoms with E-state index < -0.39 is 7.60 Å². The van der Waals surface area contributed by atoms with Gasteiger partial charge >= 0.3 is 7.60 Å². The first-order valence-electron chi connectivity index (χ1n) is 7.13. The highest BCUT2D eigenvalue weighted by molar-refractivity contribution is 7.59. The summed E-state index contributed by atoms with van der Waals surface area (Å²) < 4.78 is 23.1. The molecule has 0 aliphatic heterocycles. The highest BCUT2D eigenvalue weighted by atomic mass is 31.2. The highest BCUT2D eigenvalue weighted by Gasteiger charge is 2.29. The van der Waals surface area contributed by atoms with Gasteiger partial charge in [0.2, 0.25) is 0 Å². The highest BCUT2D eigenvalue weighted by Crippen LogP contribution is 2.56. The Balaban J connectivity index is 2.45. The van der Waals surface area contributed by atoms with Crippen molar-refractivity contribution in [3.63, 3.8) is 0 Å². The lowest BCUT2D eigenvalue weighted by Gasteiger charge is -2.15. The van der Waals surface area contributed by atoms with Crippen LogP contribution in [0.5, 0.6) is 0 Å². The molecule has 0 amide bonds. The zero-order chi connectivity index (χ0) is 16.0. The van der Waals surface area contributed by atoms with Crippen LogP contribution in [0.4, 0.5) is 0 Å². The van der Waals surface area contributed by atoms with E-state index in [1.807, 2.05) is 48.5 Å². The minimum absolute atomic E-state index is 0.0199. The van der Waals surface area contributed by atoms with Crippen molar-refractivity contribution < 1.29 is 13.6 Å². The fourth-order valence-corrected chi connectivity index (χ4v) is 3.61. The standard InChI is InChI=1S/C17H18NO3P/c1-3-20-22(19,21-4-2)17(13-18)12-14-9-10-15-7-5-6-8-16(15)11-14/h5-12H,3-4H2,1-2H3/b17-12-. The summed E-state index contributed by atoms with van der Waals surface area (Å²) in [5, 5.41) is 11.5. The Morgan fingerprint density at radius 1 is 1.14 bits per heavy atom. The molecule has 2 aromatic rings. The Hall–Kier alpha value is -1.92. The molecular weight excluding hydrogens is 297 g/mol. The third-order valence-electron chi connectivity index (χ3n) is 3.08. The summed E-state index contributed by atoms with van der Waals surface area (Å²) in [6.07, 6.45) is 1.57. The first-order chi connectivity index (χ1) is 10.6. The van der Waals surface area contributed by atoms with Gasteiger partial charge in [-0.05, 0) is 42.3 Å². The topological polar surface area (TPSA) is 59.3 Å². The monoisotopic (exact) mass is 315 g/mol. The van der Waals surface area contributed by atoms with Gasteiger partial charge in [-0.1, -0.05) is 36.4 Å². The van der Waals surface area contributed by atoms with Crippen LogP contribution < -0.4 is 0 Å². The van der Waals surface area contributed by atoms with Gasteiger partial charge < -0.3 is 9.05 Å². The van der Waals surface area contributed by atoms with Crippen LogP contribution in [0.15, 0.2) is 47.8 Å². The maximum absolute atomic E-state index is 12.7. The summed E-state index contributed by atoms with van der Waals surface area (Å²) in [4.78, 5) is 0. The molecule has 0 aliphatic rings. The molecule has 0 saturated carbocycles. The SMILES string of the molecule is CCOP(=O)(OCC)/C(C#N)=C\c1ccc2ccccc2c1. The van der Waals surface area contributed by atoms with Gasteiger partial charge in [0.05, 0.1) is 13.2 Å². The molecule has 0 atom stereocenters. The van der Waals surface area contributed by atoms with Crippen LogP contribution in [0, 0.1) is 11.3 Å². The minimum atomic E-state index is -3.56. The number of allylic oxidation sites excluding steroid dienone is 1. The van der Waals surface area contributed by atoms with E-state index in [1.165, 1.54) is 0 Å². The van der Waals surface area contributed by atoms with Crippen LogP contribution >= 0.6 is 7.60 Å². The maximum atomic E-state index is 12.7. The van der Waals surface area contributed by atoms with E-state index in [0.717, 1.165) is 16.3 Å². The largest absolute Gasteiger partial charge is 0.371 e.